The maximum absolute atomic E-state index is 13.1. The Bertz CT molecular complexity index is 1200. The quantitative estimate of drug-likeness (QED) is 0.219. The minimum atomic E-state index is -0.879. The largest absolute Gasteiger partial charge is 0.481 e. The molecule has 0 amide bonds. The average Bonchev–Trinajstić information content (AvgIpc) is 3.24. The first kappa shape index (κ1) is 33.7. The van der Waals surface area contributed by atoms with Gasteiger partial charge in [0.05, 0.1) is 12.8 Å². The van der Waals surface area contributed by atoms with Crippen LogP contribution in [0.4, 0.5) is 0 Å². The number of aliphatic carboxylic acids is 1. The number of allylic oxidation sites excluding steroid dienone is 1. The van der Waals surface area contributed by atoms with E-state index in [2.05, 4.69) is 48.1 Å². The average molecular weight is 611 g/mol. The SMILES string of the molecule is C=C(C)[C@@H]1CC[C@]2(CC(C)=O)CC[C@]3(C)[C@H](CC[C@@H]4[C@@]5(C)CC[C@H](OC(=O)CC(C)(C)CC(=O)O)C(C)(C)[C@@H]5CC[C@]43C)[C@@H]12. The monoisotopic (exact) mass is 610 g/mol. The molecule has 5 saturated carbocycles. The van der Waals surface area contributed by atoms with E-state index in [4.69, 9.17) is 4.74 Å². The Kier molecular flexibility index (Phi) is 8.40. The smallest absolute Gasteiger partial charge is 0.306 e. The van der Waals surface area contributed by atoms with Crippen LogP contribution >= 0.6 is 0 Å². The highest BCUT2D eigenvalue weighted by atomic mass is 16.5. The standard InChI is InChI=1S/C39H62O5/c1-24(2)26-13-18-39(21-25(3)40)20-19-37(9)27(33(26)39)11-12-29-36(8)16-15-30(35(6,7)28(36)14-17-38(29,37)10)44-32(43)23-34(4,5)22-31(41)42/h26-30,33H,1,11-23H2,2-10H3,(H,41,42)/t26-,27+,28-,29+,30-,33+,36-,37+,38+,39+/m0/s1. The van der Waals surface area contributed by atoms with Crippen LogP contribution in [0.3, 0.4) is 0 Å². The van der Waals surface area contributed by atoms with Crippen molar-refractivity contribution in [1.82, 2.24) is 0 Å². The molecule has 5 aliphatic carbocycles. The molecule has 248 valence electrons. The summed E-state index contributed by atoms with van der Waals surface area (Å²) in [6.07, 6.45) is 12.3. The summed E-state index contributed by atoms with van der Waals surface area (Å²) in [5.74, 6) is 2.08. The van der Waals surface area contributed by atoms with Gasteiger partial charge in [-0.2, -0.15) is 0 Å². The van der Waals surface area contributed by atoms with Crippen molar-refractivity contribution in [3.05, 3.63) is 12.2 Å². The molecule has 5 fully saturated rings. The van der Waals surface area contributed by atoms with Crippen molar-refractivity contribution in [1.29, 1.82) is 0 Å². The molecule has 5 nitrogen and oxygen atoms in total. The molecule has 0 aromatic carbocycles. The van der Waals surface area contributed by atoms with Gasteiger partial charge in [0, 0.05) is 11.8 Å². The number of carbonyl (C=O) groups is 3. The highest BCUT2D eigenvalue weighted by molar-refractivity contribution is 5.76. The minimum Gasteiger partial charge on any atom is -0.481 e. The lowest BCUT2D eigenvalue weighted by molar-refractivity contribution is -0.250. The van der Waals surface area contributed by atoms with Gasteiger partial charge in [0.15, 0.2) is 0 Å². The fourth-order valence-electron chi connectivity index (χ4n) is 13.3. The lowest BCUT2D eigenvalue weighted by atomic mass is 9.32. The van der Waals surface area contributed by atoms with E-state index >= 15 is 0 Å². The van der Waals surface area contributed by atoms with Crippen molar-refractivity contribution in [3.63, 3.8) is 0 Å². The van der Waals surface area contributed by atoms with Crippen LogP contribution < -0.4 is 0 Å². The molecule has 0 aromatic heterocycles. The Morgan fingerprint density at radius 1 is 0.818 bits per heavy atom. The van der Waals surface area contributed by atoms with E-state index in [0.29, 0.717) is 35.4 Å². The van der Waals surface area contributed by atoms with Gasteiger partial charge in [-0.15, -0.1) is 0 Å². The summed E-state index contributed by atoms with van der Waals surface area (Å²) < 4.78 is 6.24. The van der Waals surface area contributed by atoms with Gasteiger partial charge in [0.1, 0.15) is 11.9 Å². The van der Waals surface area contributed by atoms with Gasteiger partial charge in [0.2, 0.25) is 0 Å². The molecule has 5 rings (SSSR count). The van der Waals surface area contributed by atoms with Crippen LogP contribution in [-0.4, -0.2) is 28.9 Å². The summed E-state index contributed by atoms with van der Waals surface area (Å²) in [4.78, 5) is 37.1. The predicted molar refractivity (Wildman–Crippen MR) is 175 cm³/mol. The molecule has 0 saturated heterocycles. The van der Waals surface area contributed by atoms with E-state index in [9.17, 15) is 19.5 Å². The number of esters is 1. The van der Waals surface area contributed by atoms with E-state index in [0.717, 1.165) is 25.7 Å². The number of ether oxygens (including phenoxy) is 1. The molecule has 0 heterocycles. The summed E-state index contributed by atoms with van der Waals surface area (Å²) in [7, 11) is 0. The fraction of sp³-hybridized carbons (Fsp3) is 0.872. The van der Waals surface area contributed by atoms with Gasteiger partial charge in [0.25, 0.3) is 0 Å². The molecule has 10 atom stereocenters. The van der Waals surface area contributed by atoms with Crippen molar-refractivity contribution < 1.29 is 24.2 Å². The summed E-state index contributed by atoms with van der Waals surface area (Å²) >= 11 is 0. The van der Waals surface area contributed by atoms with Crippen molar-refractivity contribution in [2.75, 3.05) is 0 Å². The second kappa shape index (κ2) is 11.0. The number of rotatable bonds is 8. The first-order chi connectivity index (χ1) is 20.2. The Morgan fingerprint density at radius 3 is 2.11 bits per heavy atom. The van der Waals surface area contributed by atoms with Crippen molar-refractivity contribution in [2.24, 2.45) is 62.1 Å². The first-order valence-corrected chi connectivity index (χ1v) is 17.8. The van der Waals surface area contributed by atoms with Gasteiger partial charge < -0.3 is 14.6 Å². The molecule has 0 bridgehead atoms. The number of Topliss-reactive ketones (excluding diaryl/α,β-unsaturated/α-hetero) is 1. The van der Waals surface area contributed by atoms with E-state index in [1.165, 1.54) is 50.5 Å². The zero-order valence-electron chi connectivity index (χ0n) is 29.4. The molecule has 1 N–H and O–H groups in total. The van der Waals surface area contributed by atoms with E-state index in [1.807, 2.05) is 13.8 Å². The van der Waals surface area contributed by atoms with E-state index in [-0.39, 0.29) is 52.0 Å². The zero-order chi connectivity index (χ0) is 32.7. The van der Waals surface area contributed by atoms with Gasteiger partial charge in [-0.1, -0.05) is 60.6 Å². The van der Waals surface area contributed by atoms with Crippen LogP contribution in [-0.2, 0) is 19.1 Å². The lowest BCUT2D eigenvalue weighted by Gasteiger charge is -2.73. The molecule has 0 radical (unpaired) electrons. The lowest BCUT2D eigenvalue weighted by Crippen LogP contribution is -2.66. The molecule has 5 aliphatic rings. The van der Waals surface area contributed by atoms with Crippen LogP contribution in [0.2, 0.25) is 0 Å². The number of hydrogen-bond acceptors (Lipinski definition) is 4. The fourth-order valence-corrected chi connectivity index (χ4v) is 13.3. The Balaban J connectivity index is 1.40. The topological polar surface area (TPSA) is 80.7 Å². The maximum atomic E-state index is 13.1. The maximum Gasteiger partial charge on any atom is 0.306 e. The molecule has 0 aromatic rings. The second-order valence-electron chi connectivity index (χ2n) is 18.7. The van der Waals surface area contributed by atoms with Gasteiger partial charge >= 0.3 is 11.9 Å². The molecule has 0 spiro atoms. The third-order valence-corrected chi connectivity index (χ3v) is 15.3. The molecule has 5 heteroatoms. The number of ketones is 1. The van der Waals surface area contributed by atoms with Crippen LogP contribution in [0.1, 0.15) is 146 Å². The van der Waals surface area contributed by atoms with Crippen LogP contribution in [0, 0.1) is 62.1 Å². The minimum absolute atomic E-state index is 0.0409. The molecular formula is C39H62O5. The highest BCUT2D eigenvalue weighted by Crippen LogP contribution is 2.78. The van der Waals surface area contributed by atoms with E-state index < -0.39 is 11.4 Å². The third kappa shape index (κ3) is 5.13. The molecule has 44 heavy (non-hydrogen) atoms. The third-order valence-electron chi connectivity index (χ3n) is 15.3. The zero-order valence-corrected chi connectivity index (χ0v) is 29.4. The Morgan fingerprint density at radius 2 is 1.50 bits per heavy atom. The first-order valence-electron chi connectivity index (χ1n) is 17.8. The normalized spacial score (nSPS) is 44.4. The Labute approximate surface area is 267 Å². The van der Waals surface area contributed by atoms with Gasteiger partial charge in [-0.3, -0.25) is 9.59 Å². The van der Waals surface area contributed by atoms with Crippen molar-refractivity contribution in [2.45, 2.75) is 152 Å². The summed E-state index contributed by atoms with van der Waals surface area (Å²) in [6.45, 7) is 24.7. The van der Waals surface area contributed by atoms with Crippen LogP contribution in [0.15, 0.2) is 12.2 Å². The number of hydrogen-bond donors (Lipinski definition) is 1. The molecule has 0 unspecified atom stereocenters. The van der Waals surface area contributed by atoms with Crippen molar-refractivity contribution in [3.8, 4) is 0 Å². The predicted octanol–water partition coefficient (Wildman–Crippen LogP) is 9.43. The van der Waals surface area contributed by atoms with Crippen LogP contribution in [0.25, 0.3) is 0 Å². The van der Waals surface area contributed by atoms with E-state index in [1.54, 1.807) is 6.92 Å². The van der Waals surface area contributed by atoms with Gasteiger partial charge in [-0.05, 0) is 135 Å². The summed E-state index contributed by atoms with van der Waals surface area (Å²) in [5.41, 5.74) is 1.40. The van der Waals surface area contributed by atoms with Crippen LogP contribution in [0.5, 0.6) is 0 Å². The molecular weight excluding hydrogens is 548 g/mol. The van der Waals surface area contributed by atoms with Gasteiger partial charge in [-0.25, -0.2) is 0 Å². The highest BCUT2D eigenvalue weighted by Gasteiger charge is 2.71. The molecule has 0 aliphatic heterocycles. The number of fused-ring (bicyclic) bond motifs is 7. The van der Waals surface area contributed by atoms with Crippen molar-refractivity contribution >= 4 is 17.7 Å². The summed E-state index contributed by atoms with van der Waals surface area (Å²) in [5, 5.41) is 9.29. The number of carboxylic acid groups (broad SMARTS) is 1. The number of carboxylic acids is 1. The second-order valence-corrected chi connectivity index (χ2v) is 18.7. The Hall–Kier alpha value is -1.65. The number of carbonyl (C=O) groups excluding carboxylic acids is 2. The summed E-state index contributed by atoms with van der Waals surface area (Å²) in [6, 6.07) is 0.